The Labute approximate surface area is 95.5 Å². The lowest BCUT2D eigenvalue weighted by Gasteiger charge is -2.21. The molecule has 1 unspecified atom stereocenters. The summed E-state index contributed by atoms with van der Waals surface area (Å²) >= 11 is 0. The van der Waals surface area contributed by atoms with Crippen LogP contribution in [0.1, 0.15) is 23.2 Å². The highest BCUT2D eigenvalue weighted by molar-refractivity contribution is 5.52. The summed E-state index contributed by atoms with van der Waals surface area (Å²) in [6.45, 7) is 5.36. The van der Waals surface area contributed by atoms with E-state index in [1.165, 1.54) is 0 Å². The average molecular weight is 222 g/mol. The molecule has 16 heavy (non-hydrogen) atoms. The van der Waals surface area contributed by atoms with E-state index in [1.807, 2.05) is 19.9 Å². The molecule has 1 fully saturated rings. The number of pyridine rings is 1. The molecule has 1 aliphatic rings. The molecule has 88 valence electrons. The number of β-amino-alcohol motifs (C(OH)–C–C–N with tert-alkyl or cyclic N) is 1. The first-order valence-electron chi connectivity index (χ1n) is 5.63. The van der Waals surface area contributed by atoms with Crippen molar-refractivity contribution < 1.29 is 10.2 Å². The van der Waals surface area contributed by atoms with Crippen molar-refractivity contribution >= 4 is 5.82 Å². The van der Waals surface area contributed by atoms with E-state index in [2.05, 4.69) is 9.88 Å². The lowest BCUT2D eigenvalue weighted by molar-refractivity contribution is 0.198. The summed E-state index contributed by atoms with van der Waals surface area (Å²) in [6.07, 6.45) is 0.508. The van der Waals surface area contributed by atoms with Gasteiger partial charge in [0, 0.05) is 24.3 Å². The quantitative estimate of drug-likeness (QED) is 0.775. The third kappa shape index (κ3) is 2.03. The van der Waals surface area contributed by atoms with Crippen LogP contribution in [0.25, 0.3) is 0 Å². The van der Waals surface area contributed by atoms with Crippen molar-refractivity contribution in [2.24, 2.45) is 0 Å². The SMILES string of the molecule is Cc1cc(C)c(CO)c(N2CCC(O)C2)n1. The maximum atomic E-state index is 9.53. The summed E-state index contributed by atoms with van der Waals surface area (Å²) in [4.78, 5) is 6.53. The van der Waals surface area contributed by atoms with E-state index < -0.39 is 0 Å². The van der Waals surface area contributed by atoms with Crippen LogP contribution in [0, 0.1) is 13.8 Å². The lowest BCUT2D eigenvalue weighted by Crippen LogP contribution is -2.24. The molecule has 1 aliphatic heterocycles. The van der Waals surface area contributed by atoms with Crippen LogP contribution in [-0.2, 0) is 6.61 Å². The summed E-state index contributed by atoms with van der Waals surface area (Å²) in [5.74, 6) is 0.830. The fraction of sp³-hybridized carbons (Fsp3) is 0.583. The normalized spacial score (nSPS) is 20.5. The fourth-order valence-corrected chi connectivity index (χ4v) is 2.23. The number of hydrogen-bond acceptors (Lipinski definition) is 4. The Hall–Kier alpha value is -1.13. The van der Waals surface area contributed by atoms with Gasteiger partial charge in [-0.3, -0.25) is 0 Å². The predicted octanol–water partition coefficient (Wildman–Crippen LogP) is 0.762. The molecule has 0 aliphatic carbocycles. The number of aliphatic hydroxyl groups is 2. The Bertz CT molecular complexity index is 393. The van der Waals surface area contributed by atoms with Gasteiger partial charge in [-0.1, -0.05) is 0 Å². The maximum absolute atomic E-state index is 9.53. The zero-order valence-electron chi connectivity index (χ0n) is 9.77. The predicted molar refractivity (Wildman–Crippen MR) is 62.5 cm³/mol. The molecule has 2 heterocycles. The van der Waals surface area contributed by atoms with Gasteiger partial charge in [0.15, 0.2) is 0 Å². The number of nitrogens with zero attached hydrogens (tertiary/aromatic N) is 2. The molecule has 0 saturated carbocycles. The largest absolute Gasteiger partial charge is 0.392 e. The highest BCUT2D eigenvalue weighted by atomic mass is 16.3. The topological polar surface area (TPSA) is 56.6 Å². The fourth-order valence-electron chi connectivity index (χ4n) is 2.23. The van der Waals surface area contributed by atoms with Crippen molar-refractivity contribution in [1.29, 1.82) is 0 Å². The lowest BCUT2D eigenvalue weighted by atomic mass is 10.1. The summed E-state index contributed by atoms with van der Waals surface area (Å²) in [6, 6.07) is 1.97. The zero-order valence-corrected chi connectivity index (χ0v) is 9.77. The van der Waals surface area contributed by atoms with E-state index in [1.54, 1.807) is 0 Å². The van der Waals surface area contributed by atoms with E-state index in [-0.39, 0.29) is 12.7 Å². The monoisotopic (exact) mass is 222 g/mol. The Balaban J connectivity index is 2.38. The number of aromatic nitrogens is 1. The van der Waals surface area contributed by atoms with Crippen LogP contribution >= 0.6 is 0 Å². The molecule has 1 atom stereocenters. The molecule has 0 amide bonds. The minimum Gasteiger partial charge on any atom is -0.392 e. The molecule has 1 aromatic rings. The zero-order chi connectivity index (χ0) is 11.7. The highest BCUT2D eigenvalue weighted by Gasteiger charge is 2.24. The van der Waals surface area contributed by atoms with Crippen LogP contribution in [0.5, 0.6) is 0 Å². The third-order valence-corrected chi connectivity index (χ3v) is 3.07. The first-order chi connectivity index (χ1) is 7.61. The Morgan fingerprint density at radius 3 is 2.81 bits per heavy atom. The van der Waals surface area contributed by atoms with Crippen LogP contribution < -0.4 is 4.90 Å². The molecule has 0 spiro atoms. The molecule has 1 saturated heterocycles. The van der Waals surface area contributed by atoms with Crippen molar-refractivity contribution in [2.75, 3.05) is 18.0 Å². The third-order valence-electron chi connectivity index (χ3n) is 3.07. The summed E-state index contributed by atoms with van der Waals surface area (Å²) < 4.78 is 0. The van der Waals surface area contributed by atoms with Gasteiger partial charge in [0.05, 0.1) is 12.7 Å². The molecule has 0 radical (unpaired) electrons. The number of aliphatic hydroxyl groups excluding tert-OH is 2. The number of hydrogen-bond donors (Lipinski definition) is 2. The summed E-state index contributed by atoms with van der Waals surface area (Å²) in [5, 5.41) is 18.9. The molecule has 0 aromatic carbocycles. The average Bonchev–Trinajstić information content (AvgIpc) is 2.63. The Morgan fingerprint density at radius 2 is 2.25 bits per heavy atom. The van der Waals surface area contributed by atoms with Crippen molar-refractivity contribution in [1.82, 2.24) is 4.98 Å². The van der Waals surface area contributed by atoms with E-state index in [0.717, 1.165) is 35.6 Å². The van der Waals surface area contributed by atoms with Gasteiger partial charge in [0.2, 0.25) is 0 Å². The molecule has 0 bridgehead atoms. The van der Waals surface area contributed by atoms with Crippen LogP contribution in [0.4, 0.5) is 5.82 Å². The maximum Gasteiger partial charge on any atom is 0.134 e. The van der Waals surface area contributed by atoms with Crippen molar-refractivity contribution in [2.45, 2.75) is 33.0 Å². The molecular weight excluding hydrogens is 204 g/mol. The van der Waals surface area contributed by atoms with Crippen LogP contribution in [0.3, 0.4) is 0 Å². The second-order valence-corrected chi connectivity index (χ2v) is 4.43. The van der Waals surface area contributed by atoms with Gasteiger partial charge in [-0.25, -0.2) is 4.98 Å². The number of anilines is 1. The van der Waals surface area contributed by atoms with Gasteiger partial charge in [-0.2, -0.15) is 0 Å². The number of aryl methyl sites for hydroxylation is 2. The van der Waals surface area contributed by atoms with E-state index in [4.69, 9.17) is 0 Å². The molecule has 2 N–H and O–H groups in total. The number of rotatable bonds is 2. The van der Waals surface area contributed by atoms with Gasteiger partial charge in [0.1, 0.15) is 5.82 Å². The van der Waals surface area contributed by atoms with Crippen molar-refractivity contribution in [3.63, 3.8) is 0 Å². The van der Waals surface area contributed by atoms with Gasteiger partial charge in [0.25, 0.3) is 0 Å². The minimum absolute atomic E-state index is 0.00103. The minimum atomic E-state index is -0.269. The molecule has 4 nitrogen and oxygen atoms in total. The van der Waals surface area contributed by atoms with Crippen molar-refractivity contribution in [3.8, 4) is 0 Å². The standard InChI is InChI=1S/C12H18N2O2/c1-8-5-9(2)13-12(11(8)7-15)14-4-3-10(16)6-14/h5,10,15-16H,3-4,6-7H2,1-2H3. The molecule has 2 rings (SSSR count). The van der Waals surface area contributed by atoms with Gasteiger partial charge >= 0.3 is 0 Å². The second-order valence-electron chi connectivity index (χ2n) is 4.43. The molecule has 1 aromatic heterocycles. The van der Waals surface area contributed by atoms with E-state index in [9.17, 15) is 10.2 Å². The van der Waals surface area contributed by atoms with E-state index in [0.29, 0.717) is 6.54 Å². The Kier molecular flexibility index (Phi) is 3.12. The first kappa shape index (κ1) is 11.4. The van der Waals surface area contributed by atoms with Crippen LogP contribution in [0.15, 0.2) is 6.07 Å². The second kappa shape index (κ2) is 4.39. The van der Waals surface area contributed by atoms with Crippen LogP contribution in [0.2, 0.25) is 0 Å². The first-order valence-corrected chi connectivity index (χ1v) is 5.63. The highest BCUT2D eigenvalue weighted by Crippen LogP contribution is 2.25. The van der Waals surface area contributed by atoms with Crippen LogP contribution in [-0.4, -0.2) is 34.4 Å². The summed E-state index contributed by atoms with van der Waals surface area (Å²) in [5.41, 5.74) is 2.89. The Morgan fingerprint density at radius 1 is 1.50 bits per heavy atom. The van der Waals surface area contributed by atoms with Gasteiger partial charge in [-0.05, 0) is 31.9 Å². The van der Waals surface area contributed by atoms with Gasteiger partial charge in [-0.15, -0.1) is 0 Å². The van der Waals surface area contributed by atoms with Crippen molar-refractivity contribution in [3.05, 3.63) is 22.9 Å². The van der Waals surface area contributed by atoms with E-state index >= 15 is 0 Å². The summed E-state index contributed by atoms with van der Waals surface area (Å²) in [7, 11) is 0. The molecular formula is C12H18N2O2. The smallest absolute Gasteiger partial charge is 0.134 e. The molecule has 4 heteroatoms. The van der Waals surface area contributed by atoms with Gasteiger partial charge < -0.3 is 15.1 Å².